The van der Waals surface area contributed by atoms with Gasteiger partial charge in [0.2, 0.25) is 11.8 Å². The van der Waals surface area contributed by atoms with Crippen LogP contribution in [0, 0.1) is 18.8 Å². The summed E-state index contributed by atoms with van der Waals surface area (Å²) >= 11 is 0. The minimum Gasteiger partial charge on any atom is -0.367 e. The molecule has 23 heavy (non-hydrogen) atoms. The van der Waals surface area contributed by atoms with Crippen LogP contribution in [0.1, 0.15) is 32.3 Å². The average molecular weight is 316 g/mol. The smallest absolute Gasteiger partial charge is 0.250 e. The highest BCUT2D eigenvalue weighted by Crippen LogP contribution is 2.60. The largest absolute Gasteiger partial charge is 0.367 e. The molecule has 0 saturated carbocycles. The summed E-state index contributed by atoms with van der Waals surface area (Å²) in [7, 11) is 1.62. The number of amides is 2. The minimum atomic E-state index is -0.560. The van der Waals surface area contributed by atoms with Crippen LogP contribution < -0.4 is 10.5 Å². The third-order valence-corrected chi connectivity index (χ3v) is 5.85. The molecule has 4 heterocycles. The molecule has 4 atom stereocenters. The van der Waals surface area contributed by atoms with E-state index >= 15 is 0 Å². The Balaban J connectivity index is 1.85. The number of rotatable bonds is 1. The molecule has 0 radical (unpaired) electrons. The number of imide groups is 1. The Hall–Kier alpha value is -1.95. The van der Waals surface area contributed by atoms with Gasteiger partial charge in [-0.25, -0.2) is 4.90 Å². The Morgan fingerprint density at radius 2 is 1.61 bits per heavy atom. The third kappa shape index (κ3) is 1.64. The number of aryl methyl sites for hydroxylation is 2. The van der Waals surface area contributed by atoms with Crippen molar-refractivity contribution in [1.29, 1.82) is 0 Å². The number of carbonyl (C=O) groups excluding carboxylic acids is 2. The van der Waals surface area contributed by atoms with E-state index in [2.05, 4.69) is 0 Å². The summed E-state index contributed by atoms with van der Waals surface area (Å²) in [5.41, 5.74) is -0.139. The van der Waals surface area contributed by atoms with Gasteiger partial charge in [0.1, 0.15) is 0 Å². The van der Waals surface area contributed by atoms with Crippen LogP contribution in [0.3, 0.4) is 0 Å². The number of anilines is 1. The van der Waals surface area contributed by atoms with Crippen molar-refractivity contribution in [1.82, 2.24) is 4.57 Å². The fraction of sp³-hybridized carbons (Fsp3) is 0.588. The number of aromatic nitrogens is 1. The third-order valence-electron chi connectivity index (χ3n) is 5.85. The van der Waals surface area contributed by atoms with Crippen LogP contribution in [0.5, 0.6) is 0 Å². The summed E-state index contributed by atoms with van der Waals surface area (Å²) < 4.78 is 7.48. The predicted molar refractivity (Wildman–Crippen MR) is 83.0 cm³/mol. The molecule has 1 aromatic heterocycles. The van der Waals surface area contributed by atoms with E-state index in [0.29, 0.717) is 11.3 Å². The van der Waals surface area contributed by atoms with Gasteiger partial charge in [-0.3, -0.25) is 14.4 Å². The maximum atomic E-state index is 13.0. The van der Waals surface area contributed by atoms with E-state index in [4.69, 9.17) is 4.74 Å². The normalized spacial score (nSPS) is 38.5. The van der Waals surface area contributed by atoms with Gasteiger partial charge in [-0.15, -0.1) is 0 Å². The van der Waals surface area contributed by atoms with Crippen LogP contribution in [-0.4, -0.2) is 27.6 Å². The molecular formula is C17H20N2O4. The number of hydrogen-bond donors (Lipinski definition) is 0. The molecule has 2 bridgehead atoms. The Morgan fingerprint density at radius 1 is 1.09 bits per heavy atom. The number of hydrogen-bond acceptors (Lipinski definition) is 4. The van der Waals surface area contributed by atoms with Crippen molar-refractivity contribution in [3.63, 3.8) is 0 Å². The molecular weight excluding hydrogens is 296 g/mol. The number of carbonyl (C=O) groups is 2. The zero-order valence-electron chi connectivity index (χ0n) is 13.8. The highest BCUT2D eigenvalue weighted by atomic mass is 16.5. The standard InChI is InChI=1S/C17H20N2O4/c1-9-7-11(20)18(4)8-10(9)19-14(21)12-13(15(19)22)17(3)6-5-16(12,2)23-17/h7-8,12-13H,5-6H2,1-4H3. The maximum Gasteiger partial charge on any atom is 0.250 e. The van der Waals surface area contributed by atoms with E-state index in [-0.39, 0.29) is 17.4 Å². The van der Waals surface area contributed by atoms with Gasteiger partial charge in [0, 0.05) is 19.3 Å². The van der Waals surface area contributed by atoms with Gasteiger partial charge in [-0.05, 0) is 39.2 Å². The lowest BCUT2D eigenvalue weighted by Crippen LogP contribution is -2.40. The van der Waals surface area contributed by atoms with Gasteiger partial charge in [-0.2, -0.15) is 0 Å². The lowest BCUT2D eigenvalue weighted by Gasteiger charge is -2.27. The molecule has 6 nitrogen and oxygen atoms in total. The van der Waals surface area contributed by atoms with Crippen LogP contribution in [0.4, 0.5) is 5.69 Å². The first-order valence-corrected chi connectivity index (χ1v) is 7.93. The molecule has 0 N–H and O–H groups in total. The predicted octanol–water partition coefficient (Wildman–Crippen LogP) is 1.14. The molecule has 1 aromatic rings. The van der Waals surface area contributed by atoms with E-state index < -0.39 is 23.0 Å². The number of ether oxygens (including phenoxy) is 1. The molecule has 3 aliphatic heterocycles. The molecule has 2 amide bonds. The van der Waals surface area contributed by atoms with Crippen LogP contribution in [-0.2, 0) is 21.4 Å². The first-order valence-electron chi connectivity index (χ1n) is 7.93. The lowest BCUT2D eigenvalue weighted by molar-refractivity contribution is -0.129. The van der Waals surface area contributed by atoms with Crippen molar-refractivity contribution < 1.29 is 14.3 Å². The van der Waals surface area contributed by atoms with Gasteiger partial charge in [0.25, 0.3) is 5.56 Å². The summed E-state index contributed by atoms with van der Waals surface area (Å²) in [6, 6.07) is 1.46. The fourth-order valence-electron chi connectivity index (χ4n) is 4.65. The van der Waals surface area contributed by atoms with E-state index in [9.17, 15) is 14.4 Å². The summed E-state index contributed by atoms with van der Waals surface area (Å²) in [5.74, 6) is -1.25. The van der Waals surface area contributed by atoms with Crippen molar-refractivity contribution >= 4 is 17.5 Å². The molecule has 0 aliphatic carbocycles. The van der Waals surface area contributed by atoms with Gasteiger partial charge in [-0.1, -0.05) is 0 Å². The second-order valence-electron chi connectivity index (χ2n) is 7.49. The molecule has 0 aromatic carbocycles. The zero-order chi connectivity index (χ0) is 16.7. The van der Waals surface area contributed by atoms with Gasteiger partial charge in [0.15, 0.2) is 0 Å². The Labute approximate surface area is 134 Å². The number of pyridine rings is 1. The molecule has 4 unspecified atom stereocenters. The summed E-state index contributed by atoms with van der Waals surface area (Å²) in [4.78, 5) is 39.1. The van der Waals surface area contributed by atoms with Crippen molar-refractivity contribution in [3.05, 3.63) is 28.2 Å². The summed E-state index contributed by atoms with van der Waals surface area (Å²) in [6.07, 6.45) is 3.16. The van der Waals surface area contributed by atoms with E-state index in [0.717, 1.165) is 12.8 Å². The fourth-order valence-corrected chi connectivity index (χ4v) is 4.65. The lowest BCUT2D eigenvalue weighted by atomic mass is 9.69. The SMILES string of the molecule is Cc1cc(=O)n(C)cc1N1C(=O)C2C(C1=O)C1(C)CCC2(C)O1. The highest BCUT2D eigenvalue weighted by molar-refractivity contribution is 6.23. The Kier molecular flexibility index (Phi) is 2.62. The molecule has 6 heteroatoms. The molecule has 4 rings (SSSR count). The zero-order valence-corrected chi connectivity index (χ0v) is 13.8. The monoisotopic (exact) mass is 316 g/mol. The van der Waals surface area contributed by atoms with Gasteiger partial charge < -0.3 is 9.30 Å². The topological polar surface area (TPSA) is 68.6 Å². The van der Waals surface area contributed by atoms with Gasteiger partial charge in [0.05, 0.1) is 28.7 Å². The van der Waals surface area contributed by atoms with Gasteiger partial charge >= 0.3 is 0 Å². The highest BCUT2D eigenvalue weighted by Gasteiger charge is 2.72. The van der Waals surface area contributed by atoms with Crippen LogP contribution >= 0.6 is 0 Å². The molecule has 122 valence electrons. The Bertz CT molecular complexity index is 779. The number of fused-ring (bicyclic) bond motifs is 5. The van der Waals surface area contributed by atoms with Crippen LogP contribution in [0.15, 0.2) is 17.1 Å². The van der Waals surface area contributed by atoms with Crippen molar-refractivity contribution in [2.75, 3.05) is 4.90 Å². The Morgan fingerprint density at radius 3 is 2.13 bits per heavy atom. The van der Waals surface area contributed by atoms with E-state index in [1.165, 1.54) is 15.5 Å². The quantitative estimate of drug-likeness (QED) is 0.729. The number of nitrogens with zero attached hydrogens (tertiary/aromatic N) is 2. The molecule has 0 spiro atoms. The second-order valence-corrected chi connectivity index (χ2v) is 7.49. The first kappa shape index (κ1) is 14.6. The maximum absolute atomic E-state index is 13.0. The summed E-state index contributed by atoms with van der Waals surface area (Å²) in [5, 5.41) is 0. The molecule has 3 saturated heterocycles. The minimum absolute atomic E-state index is 0.159. The second kappa shape index (κ2) is 4.12. The molecule has 3 fully saturated rings. The first-order chi connectivity index (χ1) is 10.7. The van der Waals surface area contributed by atoms with Crippen molar-refractivity contribution in [2.24, 2.45) is 18.9 Å². The van der Waals surface area contributed by atoms with Crippen molar-refractivity contribution in [2.45, 2.75) is 44.8 Å². The van der Waals surface area contributed by atoms with E-state index in [1.54, 1.807) is 20.2 Å². The average Bonchev–Trinajstić information content (AvgIpc) is 3.00. The summed E-state index contributed by atoms with van der Waals surface area (Å²) in [6.45, 7) is 5.62. The molecule has 3 aliphatic rings. The van der Waals surface area contributed by atoms with Crippen LogP contribution in [0.25, 0.3) is 0 Å². The van der Waals surface area contributed by atoms with Crippen LogP contribution in [0.2, 0.25) is 0 Å². The van der Waals surface area contributed by atoms with E-state index in [1.807, 2.05) is 13.8 Å². The van der Waals surface area contributed by atoms with Crippen molar-refractivity contribution in [3.8, 4) is 0 Å².